The van der Waals surface area contributed by atoms with Gasteiger partial charge in [0.25, 0.3) is 5.91 Å². The molecule has 1 N–H and O–H groups in total. The monoisotopic (exact) mass is 314 g/mol. The van der Waals surface area contributed by atoms with Crippen molar-refractivity contribution < 1.29 is 4.79 Å². The quantitative estimate of drug-likeness (QED) is 0.914. The molecule has 116 valence electrons. The number of hydrogen-bond donors (Lipinski definition) is 1. The molecule has 1 aromatic heterocycles. The number of hydrogen-bond acceptors (Lipinski definition) is 3. The summed E-state index contributed by atoms with van der Waals surface area (Å²) < 4.78 is 0. The Bertz CT molecular complexity index is 617. The van der Waals surface area contributed by atoms with E-state index in [-0.39, 0.29) is 11.9 Å². The highest BCUT2D eigenvalue weighted by atomic mass is 32.1. The molecule has 1 aromatic carbocycles. The normalized spacial score (nSPS) is 16.6. The SMILES string of the molecule is Cc1ccc(C(=O)NCC(c2ccccc2)N2CCCC2)s1. The van der Waals surface area contributed by atoms with E-state index < -0.39 is 0 Å². The Balaban J connectivity index is 1.69. The van der Waals surface area contributed by atoms with Crippen LogP contribution in [0.4, 0.5) is 0 Å². The van der Waals surface area contributed by atoms with Crippen molar-refractivity contribution in [3.05, 3.63) is 57.8 Å². The molecule has 1 aliphatic rings. The fourth-order valence-electron chi connectivity index (χ4n) is 3.02. The van der Waals surface area contributed by atoms with Crippen LogP contribution in [0.15, 0.2) is 42.5 Å². The van der Waals surface area contributed by atoms with Crippen molar-refractivity contribution in [2.45, 2.75) is 25.8 Å². The van der Waals surface area contributed by atoms with Crippen LogP contribution in [0.3, 0.4) is 0 Å². The van der Waals surface area contributed by atoms with E-state index in [4.69, 9.17) is 0 Å². The van der Waals surface area contributed by atoms with Crippen LogP contribution in [0.2, 0.25) is 0 Å². The molecule has 4 heteroatoms. The van der Waals surface area contributed by atoms with E-state index >= 15 is 0 Å². The second-order valence-electron chi connectivity index (χ2n) is 5.79. The van der Waals surface area contributed by atoms with Gasteiger partial charge in [0, 0.05) is 11.4 Å². The summed E-state index contributed by atoms with van der Waals surface area (Å²) in [5, 5.41) is 3.12. The van der Waals surface area contributed by atoms with Crippen molar-refractivity contribution >= 4 is 17.2 Å². The molecule has 0 radical (unpaired) electrons. The summed E-state index contributed by atoms with van der Waals surface area (Å²) in [7, 11) is 0. The number of amides is 1. The maximum atomic E-state index is 12.3. The topological polar surface area (TPSA) is 32.3 Å². The molecule has 0 bridgehead atoms. The first-order valence-electron chi connectivity index (χ1n) is 7.87. The molecule has 1 fully saturated rings. The molecule has 3 nitrogen and oxygen atoms in total. The van der Waals surface area contributed by atoms with Crippen LogP contribution < -0.4 is 5.32 Å². The summed E-state index contributed by atoms with van der Waals surface area (Å²) in [6.07, 6.45) is 2.50. The Kier molecular flexibility index (Phi) is 4.90. The number of carbonyl (C=O) groups excluding carboxylic acids is 1. The third kappa shape index (κ3) is 3.57. The minimum Gasteiger partial charge on any atom is -0.349 e. The van der Waals surface area contributed by atoms with E-state index in [0.29, 0.717) is 6.54 Å². The number of carbonyl (C=O) groups is 1. The zero-order valence-electron chi connectivity index (χ0n) is 12.9. The van der Waals surface area contributed by atoms with Gasteiger partial charge in [-0.15, -0.1) is 11.3 Å². The summed E-state index contributed by atoms with van der Waals surface area (Å²) in [6.45, 7) is 4.93. The average Bonchev–Trinajstić information content (AvgIpc) is 3.20. The lowest BCUT2D eigenvalue weighted by Crippen LogP contribution is -2.36. The predicted molar refractivity (Wildman–Crippen MR) is 91.4 cm³/mol. The van der Waals surface area contributed by atoms with Crippen LogP contribution in [0.1, 0.15) is 39.0 Å². The summed E-state index contributed by atoms with van der Waals surface area (Å²) >= 11 is 1.55. The average molecular weight is 314 g/mol. The van der Waals surface area contributed by atoms with E-state index in [1.165, 1.54) is 23.3 Å². The number of aryl methyl sites for hydroxylation is 1. The Morgan fingerprint density at radius 2 is 1.91 bits per heavy atom. The van der Waals surface area contributed by atoms with Gasteiger partial charge in [-0.1, -0.05) is 30.3 Å². The lowest BCUT2D eigenvalue weighted by molar-refractivity contribution is 0.0942. The first-order valence-corrected chi connectivity index (χ1v) is 8.69. The van der Waals surface area contributed by atoms with Gasteiger partial charge in [-0.2, -0.15) is 0 Å². The minimum absolute atomic E-state index is 0.0400. The van der Waals surface area contributed by atoms with Gasteiger partial charge in [-0.05, 0) is 50.6 Å². The predicted octanol–water partition coefficient (Wildman–Crippen LogP) is 3.62. The van der Waals surface area contributed by atoms with Crippen molar-refractivity contribution in [3.8, 4) is 0 Å². The molecular weight excluding hydrogens is 292 g/mol. The van der Waals surface area contributed by atoms with Gasteiger partial charge in [0.15, 0.2) is 0 Å². The van der Waals surface area contributed by atoms with Crippen LogP contribution in [0, 0.1) is 6.92 Å². The molecule has 2 aromatic rings. The van der Waals surface area contributed by atoms with E-state index in [2.05, 4.69) is 34.5 Å². The highest BCUT2D eigenvalue weighted by molar-refractivity contribution is 7.13. The lowest BCUT2D eigenvalue weighted by Gasteiger charge is -2.28. The first kappa shape index (κ1) is 15.3. The Morgan fingerprint density at radius 3 is 2.55 bits per heavy atom. The molecule has 1 saturated heterocycles. The molecule has 1 unspecified atom stereocenters. The second-order valence-corrected chi connectivity index (χ2v) is 7.08. The minimum atomic E-state index is 0.0400. The van der Waals surface area contributed by atoms with Gasteiger partial charge in [0.05, 0.1) is 10.9 Å². The van der Waals surface area contributed by atoms with E-state index in [1.807, 2.05) is 25.1 Å². The Morgan fingerprint density at radius 1 is 1.18 bits per heavy atom. The third-order valence-electron chi connectivity index (χ3n) is 4.19. The molecule has 3 rings (SSSR count). The molecule has 2 heterocycles. The van der Waals surface area contributed by atoms with Gasteiger partial charge in [-0.25, -0.2) is 0 Å². The fraction of sp³-hybridized carbons (Fsp3) is 0.389. The zero-order chi connectivity index (χ0) is 15.4. The Hall–Kier alpha value is -1.65. The van der Waals surface area contributed by atoms with Gasteiger partial charge in [-0.3, -0.25) is 9.69 Å². The van der Waals surface area contributed by atoms with E-state index in [9.17, 15) is 4.79 Å². The maximum Gasteiger partial charge on any atom is 0.261 e. The smallest absolute Gasteiger partial charge is 0.261 e. The van der Waals surface area contributed by atoms with Crippen molar-refractivity contribution in [3.63, 3.8) is 0 Å². The van der Waals surface area contributed by atoms with E-state index in [0.717, 1.165) is 18.0 Å². The zero-order valence-corrected chi connectivity index (χ0v) is 13.7. The Labute approximate surface area is 136 Å². The number of nitrogens with zero attached hydrogens (tertiary/aromatic N) is 1. The molecule has 1 amide bonds. The van der Waals surface area contributed by atoms with Crippen molar-refractivity contribution in [1.29, 1.82) is 0 Å². The summed E-state index contributed by atoms with van der Waals surface area (Å²) in [6, 6.07) is 14.7. The van der Waals surface area contributed by atoms with Gasteiger partial charge < -0.3 is 5.32 Å². The number of benzene rings is 1. The number of thiophene rings is 1. The molecule has 22 heavy (non-hydrogen) atoms. The van der Waals surface area contributed by atoms with Crippen molar-refractivity contribution in [2.24, 2.45) is 0 Å². The standard InChI is InChI=1S/C18H22N2OS/c1-14-9-10-17(22-14)18(21)19-13-16(20-11-5-6-12-20)15-7-3-2-4-8-15/h2-4,7-10,16H,5-6,11-13H2,1H3,(H,19,21). The van der Waals surface area contributed by atoms with Crippen LogP contribution in [0.25, 0.3) is 0 Å². The van der Waals surface area contributed by atoms with Gasteiger partial charge in [0.1, 0.15) is 0 Å². The summed E-state index contributed by atoms with van der Waals surface area (Å²) in [5.41, 5.74) is 1.28. The molecule has 1 aliphatic heterocycles. The fourth-order valence-corrected chi connectivity index (χ4v) is 3.80. The van der Waals surface area contributed by atoms with Crippen molar-refractivity contribution in [2.75, 3.05) is 19.6 Å². The van der Waals surface area contributed by atoms with Gasteiger partial charge >= 0.3 is 0 Å². The summed E-state index contributed by atoms with van der Waals surface area (Å²) in [5.74, 6) is 0.0400. The third-order valence-corrected chi connectivity index (χ3v) is 5.19. The van der Waals surface area contributed by atoms with Crippen molar-refractivity contribution in [1.82, 2.24) is 10.2 Å². The van der Waals surface area contributed by atoms with Crippen LogP contribution in [0.5, 0.6) is 0 Å². The molecule has 1 atom stereocenters. The largest absolute Gasteiger partial charge is 0.349 e. The molecular formula is C18H22N2OS. The van der Waals surface area contributed by atoms with Crippen LogP contribution >= 0.6 is 11.3 Å². The maximum absolute atomic E-state index is 12.3. The van der Waals surface area contributed by atoms with Gasteiger partial charge in [0.2, 0.25) is 0 Å². The lowest BCUT2D eigenvalue weighted by atomic mass is 10.1. The number of rotatable bonds is 5. The highest BCUT2D eigenvalue weighted by Crippen LogP contribution is 2.24. The summed E-state index contributed by atoms with van der Waals surface area (Å²) in [4.78, 5) is 16.7. The van der Waals surface area contributed by atoms with E-state index in [1.54, 1.807) is 11.3 Å². The molecule has 0 spiro atoms. The van der Waals surface area contributed by atoms with Crippen LogP contribution in [-0.4, -0.2) is 30.4 Å². The number of likely N-dealkylation sites (tertiary alicyclic amines) is 1. The first-order chi connectivity index (χ1) is 10.7. The molecule has 0 saturated carbocycles. The molecule has 0 aliphatic carbocycles. The second kappa shape index (κ2) is 7.07. The highest BCUT2D eigenvalue weighted by Gasteiger charge is 2.24. The van der Waals surface area contributed by atoms with Crippen LogP contribution in [-0.2, 0) is 0 Å². The number of nitrogens with one attached hydrogen (secondary N) is 1.